The molecule has 0 aliphatic rings. The molecule has 234 valence electrons. The van der Waals surface area contributed by atoms with Crippen molar-refractivity contribution in [2.75, 3.05) is 6.61 Å². The molecule has 0 fully saturated rings. The molecule has 0 radical (unpaired) electrons. The number of carbonyl (C=O) groups excluding carboxylic acids is 2. The fraction of sp³-hybridized carbons (Fsp3) is 0.622. The average Bonchev–Trinajstić information content (AvgIpc) is 3.02. The second-order valence-electron chi connectivity index (χ2n) is 11.7. The highest BCUT2D eigenvalue weighted by Crippen LogP contribution is 2.15. The van der Waals surface area contributed by atoms with Gasteiger partial charge in [0.2, 0.25) is 0 Å². The fourth-order valence-corrected chi connectivity index (χ4v) is 5.20. The van der Waals surface area contributed by atoms with Gasteiger partial charge < -0.3 is 4.74 Å². The Morgan fingerprint density at radius 1 is 0.500 bits per heavy atom. The zero-order chi connectivity index (χ0) is 30.1. The van der Waals surface area contributed by atoms with E-state index in [4.69, 9.17) is 4.74 Å². The van der Waals surface area contributed by atoms with Gasteiger partial charge in [0.25, 0.3) is 11.8 Å². The van der Waals surface area contributed by atoms with E-state index in [0.29, 0.717) is 17.7 Å². The molecule has 2 amide bonds. The molecule has 0 aliphatic carbocycles. The predicted molar refractivity (Wildman–Crippen MR) is 176 cm³/mol. The summed E-state index contributed by atoms with van der Waals surface area (Å²) in [4.78, 5) is 24.9. The van der Waals surface area contributed by atoms with Crippen molar-refractivity contribution < 1.29 is 14.3 Å². The van der Waals surface area contributed by atoms with Crippen LogP contribution in [-0.2, 0) is 6.42 Å². The molecule has 5 nitrogen and oxygen atoms in total. The van der Waals surface area contributed by atoms with E-state index in [2.05, 4.69) is 24.7 Å². The third-order valence-electron chi connectivity index (χ3n) is 7.96. The maximum absolute atomic E-state index is 12.5. The van der Waals surface area contributed by atoms with Crippen LogP contribution in [0.5, 0.6) is 5.75 Å². The molecule has 0 heterocycles. The molecule has 0 saturated heterocycles. The van der Waals surface area contributed by atoms with E-state index in [1.165, 1.54) is 121 Å². The second kappa shape index (κ2) is 23.7. The highest BCUT2D eigenvalue weighted by Gasteiger charge is 2.10. The molecule has 0 saturated carbocycles. The van der Waals surface area contributed by atoms with Crippen molar-refractivity contribution in [3.63, 3.8) is 0 Å². The topological polar surface area (TPSA) is 67.4 Å². The first-order chi connectivity index (χ1) is 20.6. The minimum absolute atomic E-state index is 0.328. The van der Waals surface area contributed by atoms with Crippen LogP contribution in [0.15, 0.2) is 48.5 Å². The van der Waals surface area contributed by atoms with Crippen molar-refractivity contribution in [1.82, 2.24) is 10.9 Å². The van der Waals surface area contributed by atoms with E-state index in [0.717, 1.165) is 18.6 Å². The lowest BCUT2D eigenvalue weighted by atomic mass is 10.0. The molecule has 2 N–H and O–H groups in total. The first kappa shape index (κ1) is 35.4. The van der Waals surface area contributed by atoms with Gasteiger partial charge in [0.15, 0.2) is 0 Å². The van der Waals surface area contributed by atoms with Gasteiger partial charge in [-0.2, -0.15) is 0 Å². The SMILES string of the molecule is CCCCCCCCCCCCCCCCOc1ccc(C(=O)NNC(=O)c2ccc(CCCCCCC)cc2)cc1. The number of hydrogen-bond donors (Lipinski definition) is 2. The van der Waals surface area contributed by atoms with Crippen LogP contribution < -0.4 is 15.6 Å². The van der Waals surface area contributed by atoms with Gasteiger partial charge in [0, 0.05) is 11.1 Å². The third kappa shape index (κ3) is 16.6. The maximum Gasteiger partial charge on any atom is 0.269 e. The van der Waals surface area contributed by atoms with Gasteiger partial charge in [-0.25, -0.2) is 0 Å². The van der Waals surface area contributed by atoms with Crippen molar-refractivity contribution in [1.29, 1.82) is 0 Å². The average molecular weight is 579 g/mol. The zero-order valence-electron chi connectivity index (χ0n) is 26.7. The maximum atomic E-state index is 12.5. The van der Waals surface area contributed by atoms with E-state index in [-0.39, 0.29) is 11.8 Å². The Kier molecular flexibility index (Phi) is 20.0. The van der Waals surface area contributed by atoms with E-state index in [9.17, 15) is 9.59 Å². The number of ether oxygens (including phenoxy) is 1. The van der Waals surface area contributed by atoms with Crippen LogP contribution >= 0.6 is 0 Å². The second-order valence-corrected chi connectivity index (χ2v) is 11.7. The normalized spacial score (nSPS) is 10.9. The van der Waals surface area contributed by atoms with Gasteiger partial charge in [-0.05, 0) is 61.2 Å². The molecule has 0 bridgehead atoms. The van der Waals surface area contributed by atoms with Crippen LogP contribution in [0, 0.1) is 0 Å². The van der Waals surface area contributed by atoms with Crippen molar-refractivity contribution in [2.45, 2.75) is 142 Å². The Morgan fingerprint density at radius 3 is 1.33 bits per heavy atom. The van der Waals surface area contributed by atoms with Crippen LogP contribution in [-0.4, -0.2) is 18.4 Å². The van der Waals surface area contributed by atoms with Gasteiger partial charge in [0.1, 0.15) is 5.75 Å². The Hall–Kier alpha value is -2.82. The van der Waals surface area contributed by atoms with Crippen LogP contribution in [0.2, 0.25) is 0 Å². The Balaban J connectivity index is 1.51. The molecule has 2 aromatic rings. The Bertz CT molecular complexity index is 956. The molecular formula is C37H58N2O3. The summed E-state index contributed by atoms with van der Waals surface area (Å²) in [5, 5.41) is 0. The molecule has 0 spiro atoms. The summed E-state index contributed by atoms with van der Waals surface area (Å²) in [6.07, 6.45) is 26.0. The lowest BCUT2D eigenvalue weighted by Gasteiger charge is -2.10. The lowest BCUT2D eigenvalue weighted by molar-refractivity contribution is 0.0846. The van der Waals surface area contributed by atoms with Gasteiger partial charge in [-0.3, -0.25) is 20.4 Å². The summed E-state index contributed by atoms with van der Waals surface area (Å²) in [5.74, 6) is 0.0762. The monoisotopic (exact) mass is 578 g/mol. The minimum atomic E-state index is -0.356. The number of hydrazine groups is 1. The third-order valence-corrected chi connectivity index (χ3v) is 7.96. The smallest absolute Gasteiger partial charge is 0.269 e. The number of aryl methyl sites for hydroxylation is 1. The van der Waals surface area contributed by atoms with Crippen molar-refractivity contribution >= 4 is 11.8 Å². The molecule has 5 heteroatoms. The van der Waals surface area contributed by atoms with Crippen LogP contribution in [0.25, 0.3) is 0 Å². The first-order valence-electron chi connectivity index (χ1n) is 17.1. The van der Waals surface area contributed by atoms with Crippen molar-refractivity contribution in [2.24, 2.45) is 0 Å². The van der Waals surface area contributed by atoms with E-state index >= 15 is 0 Å². The number of benzene rings is 2. The molecule has 42 heavy (non-hydrogen) atoms. The standard InChI is InChI=1S/C37H58N2O3/c1-3-5-7-9-10-11-12-13-14-15-16-17-19-21-31-42-35-29-27-34(28-30-35)37(41)39-38-36(40)33-25-23-32(24-26-33)22-20-18-8-6-4-2/h23-30H,3-22,31H2,1-2H3,(H,38,40)(H,39,41). The summed E-state index contributed by atoms with van der Waals surface area (Å²) >= 11 is 0. The zero-order valence-corrected chi connectivity index (χ0v) is 26.7. The van der Waals surface area contributed by atoms with E-state index in [1.807, 2.05) is 36.4 Å². The van der Waals surface area contributed by atoms with E-state index < -0.39 is 0 Å². The van der Waals surface area contributed by atoms with E-state index in [1.54, 1.807) is 12.1 Å². The summed E-state index contributed by atoms with van der Waals surface area (Å²) in [7, 11) is 0. The molecular weight excluding hydrogens is 520 g/mol. The quantitative estimate of drug-likeness (QED) is 0.0962. The Morgan fingerprint density at radius 2 is 0.881 bits per heavy atom. The molecule has 2 aromatic carbocycles. The first-order valence-corrected chi connectivity index (χ1v) is 17.1. The molecule has 0 unspecified atom stereocenters. The highest BCUT2D eigenvalue weighted by molar-refractivity contribution is 5.99. The van der Waals surface area contributed by atoms with Crippen LogP contribution in [0.1, 0.15) is 162 Å². The van der Waals surface area contributed by atoms with Crippen LogP contribution in [0.3, 0.4) is 0 Å². The molecule has 2 rings (SSSR count). The molecule has 0 aliphatic heterocycles. The van der Waals surface area contributed by atoms with Gasteiger partial charge >= 0.3 is 0 Å². The number of amides is 2. The number of carbonyl (C=O) groups is 2. The number of rotatable bonds is 24. The number of hydrogen-bond acceptors (Lipinski definition) is 3. The summed E-state index contributed by atoms with van der Waals surface area (Å²) in [5.41, 5.74) is 7.25. The largest absolute Gasteiger partial charge is 0.494 e. The molecule has 0 atom stereocenters. The van der Waals surface area contributed by atoms with Crippen molar-refractivity contribution in [3.8, 4) is 5.75 Å². The minimum Gasteiger partial charge on any atom is -0.494 e. The van der Waals surface area contributed by atoms with Gasteiger partial charge in [-0.1, -0.05) is 135 Å². The summed E-state index contributed by atoms with van der Waals surface area (Å²) in [6.45, 7) is 5.19. The fourth-order valence-electron chi connectivity index (χ4n) is 5.20. The Labute approximate surface area is 256 Å². The summed E-state index contributed by atoms with van der Waals surface area (Å²) < 4.78 is 5.85. The van der Waals surface area contributed by atoms with Gasteiger partial charge in [-0.15, -0.1) is 0 Å². The molecule has 0 aromatic heterocycles. The van der Waals surface area contributed by atoms with Gasteiger partial charge in [0.05, 0.1) is 6.61 Å². The number of nitrogens with one attached hydrogen (secondary N) is 2. The summed E-state index contributed by atoms with van der Waals surface area (Å²) in [6, 6.07) is 14.7. The number of unbranched alkanes of at least 4 members (excludes halogenated alkanes) is 17. The van der Waals surface area contributed by atoms with Crippen LogP contribution in [0.4, 0.5) is 0 Å². The lowest BCUT2D eigenvalue weighted by Crippen LogP contribution is -2.41. The predicted octanol–water partition coefficient (Wildman–Crippen LogP) is 10.1. The highest BCUT2D eigenvalue weighted by atomic mass is 16.5. The van der Waals surface area contributed by atoms with Crippen molar-refractivity contribution in [3.05, 3.63) is 65.2 Å².